The van der Waals surface area contributed by atoms with E-state index in [0.717, 1.165) is 17.8 Å². The molecule has 4 heteroatoms. The molecule has 0 atom stereocenters. The molecule has 0 aliphatic heterocycles. The largest absolute Gasteiger partial charge is 0.330 e. The average Bonchev–Trinajstić information content (AvgIpc) is 2.51. The fourth-order valence-electron chi connectivity index (χ4n) is 1.15. The van der Waals surface area contributed by atoms with Gasteiger partial charge < -0.3 is 5.73 Å². The van der Waals surface area contributed by atoms with E-state index in [4.69, 9.17) is 5.73 Å². The van der Waals surface area contributed by atoms with Crippen LogP contribution in [0.1, 0.15) is 5.56 Å². The zero-order chi connectivity index (χ0) is 8.39. The van der Waals surface area contributed by atoms with E-state index < -0.39 is 0 Å². The van der Waals surface area contributed by atoms with Crippen molar-refractivity contribution in [1.29, 1.82) is 0 Å². The van der Waals surface area contributed by atoms with Crippen LogP contribution in [0, 0.1) is 0 Å². The number of rotatable bonds is 2. The van der Waals surface area contributed by atoms with Crippen molar-refractivity contribution in [3.8, 4) is 0 Å². The lowest BCUT2D eigenvalue weighted by Gasteiger charge is -1.97. The molecule has 0 aromatic carbocycles. The van der Waals surface area contributed by atoms with Crippen LogP contribution in [0.15, 0.2) is 24.8 Å². The summed E-state index contributed by atoms with van der Waals surface area (Å²) in [5, 5.41) is 0. The lowest BCUT2D eigenvalue weighted by Crippen LogP contribution is -2.04. The molecule has 0 saturated carbocycles. The van der Waals surface area contributed by atoms with E-state index in [9.17, 15) is 0 Å². The van der Waals surface area contributed by atoms with E-state index in [2.05, 4.69) is 9.97 Å². The molecule has 0 radical (unpaired) electrons. The fourth-order valence-corrected chi connectivity index (χ4v) is 1.15. The van der Waals surface area contributed by atoms with Crippen molar-refractivity contribution < 1.29 is 0 Å². The summed E-state index contributed by atoms with van der Waals surface area (Å²) in [6, 6.07) is 0. The van der Waals surface area contributed by atoms with Gasteiger partial charge >= 0.3 is 0 Å². The SMILES string of the molecule is NCCc1cnc2nccn2c1. The summed E-state index contributed by atoms with van der Waals surface area (Å²) in [7, 11) is 0. The molecule has 4 nitrogen and oxygen atoms in total. The zero-order valence-electron chi connectivity index (χ0n) is 6.64. The van der Waals surface area contributed by atoms with Gasteiger partial charge in [0.25, 0.3) is 0 Å². The second-order valence-corrected chi connectivity index (χ2v) is 2.64. The quantitative estimate of drug-likeness (QED) is 0.687. The Kier molecular flexibility index (Phi) is 1.75. The summed E-state index contributed by atoms with van der Waals surface area (Å²) >= 11 is 0. The standard InChI is InChI=1S/C8H10N4/c9-2-1-7-5-11-8-10-3-4-12(8)6-7/h3-6H,1-2,9H2. The second kappa shape index (κ2) is 2.91. The van der Waals surface area contributed by atoms with Crippen LogP contribution < -0.4 is 5.73 Å². The maximum Gasteiger partial charge on any atom is 0.233 e. The Hall–Kier alpha value is -1.42. The molecular formula is C8H10N4. The Morgan fingerprint density at radius 1 is 1.42 bits per heavy atom. The summed E-state index contributed by atoms with van der Waals surface area (Å²) in [6.45, 7) is 0.655. The van der Waals surface area contributed by atoms with Gasteiger partial charge in [0.2, 0.25) is 5.78 Å². The maximum absolute atomic E-state index is 5.43. The summed E-state index contributed by atoms with van der Waals surface area (Å²) in [6.07, 6.45) is 8.29. The van der Waals surface area contributed by atoms with Crippen LogP contribution in [0.5, 0.6) is 0 Å². The molecule has 0 unspecified atom stereocenters. The molecule has 2 aromatic heterocycles. The maximum atomic E-state index is 5.43. The van der Waals surface area contributed by atoms with Crippen LogP contribution in [-0.2, 0) is 6.42 Å². The summed E-state index contributed by atoms with van der Waals surface area (Å²) in [4.78, 5) is 8.20. The molecule has 2 heterocycles. The van der Waals surface area contributed by atoms with Gasteiger partial charge in [-0.3, -0.25) is 4.40 Å². The van der Waals surface area contributed by atoms with E-state index in [1.807, 2.05) is 23.0 Å². The van der Waals surface area contributed by atoms with Gasteiger partial charge in [-0.2, -0.15) is 0 Å². The summed E-state index contributed by atoms with van der Waals surface area (Å²) < 4.78 is 1.89. The van der Waals surface area contributed by atoms with Crippen LogP contribution in [0.25, 0.3) is 5.78 Å². The van der Waals surface area contributed by atoms with Gasteiger partial charge in [-0.25, -0.2) is 9.97 Å². The molecule has 2 rings (SSSR count). The highest BCUT2D eigenvalue weighted by molar-refractivity contribution is 5.28. The van der Waals surface area contributed by atoms with Crippen molar-refractivity contribution in [2.75, 3.05) is 6.54 Å². The van der Waals surface area contributed by atoms with Gasteiger partial charge in [-0.05, 0) is 18.5 Å². The molecule has 0 fully saturated rings. The molecule has 0 bridgehead atoms. The van der Waals surface area contributed by atoms with Crippen LogP contribution in [0.3, 0.4) is 0 Å². The Labute approximate surface area is 70.1 Å². The van der Waals surface area contributed by atoms with Crippen LogP contribution in [0.2, 0.25) is 0 Å². The van der Waals surface area contributed by atoms with Crippen molar-refractivity contribution in [1.82, 2.24) is 14.4 Å². The minimum Gasteiger partial charge on any atom is -0.330 e. The molecule has 62 valence electrons. The zero-order valence-corrected chi connectivity index (χ0v) is 6.64. The Bertz CT molecular complexity index is 379. The molecule has 0 saturated heterocycles. The molecule has 0 amide bonds. The lowest BCUT2D eigenvalue weighted by molar-refractivity contribution is 0.934. The van der Waals surface area contributed by atoms with Crippen LogP contribution in [0.4, 0.5) is 0 Å². The normalized spacial score (nSPS) is 10.8. The highest BCUT2D eigenvalue weighted by atomic mass is 15.1. The third-order valence-corrected chi connectivity index (χ3v) is 1.73. The third-order valence-electron chi connectivity index (χ3n) is 1.73. The van der Waals surface area contributed by atoms with Crippen LogP contribution >= 0.6 is 0 Å². The Balaban J connectivity index is 2.46. The predicted molar refractivity (Wildman–Crippen MR) is 45.7 cm³/mol. The molecular weight excluding hydrogens is 152 g/mol. The highest BCUT2D eigenvalue weighted by Crippen LogP contribution is 2.00. The number of aromatic nitrogens is 3. The third kappa shape index (κ3) is 1.16. The van der Waals surface area contributed by atoms with E-state index in [1.54, 1.807) is 6.20 Å². The molecule has 2 aromatic rings. The van der Waals surface area contributed by atoms with Crippen molar-refractivity contribution in [3.05, 3.63) is 30.4 Å². The monoisotopic (exact) mass is 162 g/mol. The summed E-state index contributed by atoms with van der Waals surface area (Å²) in [5.41, 5.74) is 6.57. The molecule has 12 heavy (non-hydrogen) atoms. The first-order valence-corrected chi connectivity index (χ1v) is 3.88. The van der Waals surface area contributed by atoms with E-state index in [-0.39, 0.29) is 0 Å². The highest BCUT2D eigenvalue weighted by Gasteiger charge is 1.95. The Morgan fingerprint density at radius 3 is 3.17 bits per heavy atom. The first-order valence-electron chi connectivity index (χ1n) is 3.88. The van der Waals surface area contributed by atoms with Gasteiger partial charge in [-0.15, -0.1) is 0 Å². The lowest BCUT2D eigenvalue weighted by atomic mass is 10.2. The first-order chi connectivity index (χ1) is 5.90. The van der Waals surface area contributed by atoms with E-state index in [1.165, 1.54) is 0 Å². The average molecular weight is 162 g/mol. The topological polar surface area (TPSA) is 56.2 Å². The van der Waals surface area contributed by atoms with Gasteiger partial charge in [0.1, 0.15) is 0 Å². The smallest absolute Gasteiger partial charge is 0.233 e. The second-order valence-electron chi connectivity index (χ2n) is 2.64. The van der Waals surface area contributed by atoms with Crippen molar-refractivity contribution in [2.45, 2.75) is 6.42 Å². The minimum atomic E-state index is 0.655. The predicted octanol–water partition coefficient (Wildman–Crippen LogP) is 0.230. The molecule has 0 aliphatic carbocycles. The van der Waals surface area contributed by atoms with E-state index >= 15 is 0 Å². The minimum absolute atomic E-state index is 0.655. The number of nitrogens with two attached hydrogens (primary N) is 1. The van der Waals surface area contributed by atoms with Gasteiger partial charge in [0.05, 0.1) is 0 Å². The van der Waals surface area contributed by atoms with Gasteiger partial charge in [0, 0.05) is 24.8 Å². The summed E-state index contributed by atoms with van der Waals surface area (Å²) in [5.74, 6) is 0.732. The number of imidazole rings is 1. The van der Waals surface area contributed by atoms with Crippen molar-refractivity contribution >= 4 is 5.78 Å². The fraction of sp³-hybridized carbons (Fsp3) is 0.250. The van der Waals surface area contributed by atoms with Crippen LogP contribution in [-0.4, -0.2) is 20.9 Å². The molecule has 0 aliphatic rings. The number of hydrogen-bond acceptors (Lipinski definition) is 3. The molecule has 0 spiro atoms. The molecule has 2 N–H and O–H groups in total. The Morgan fingerprint density at radius 2 is 2.33 bits per heavy atom. The first kappa shape index (κ1) is 7.24. The number of nitrogens with zero attached hydrogens (tertiary/aromatic N) is 3. The van der Waals surface area contributed by atoms with Gasteiger partial charge in [0.15, 0.2) is 0 Å². The number of fused-ring (bicyclic) bond motifs is 1. The van der Waals surface area contributed by atoms with Crippen molar-refractivity contribution in [3.63, 3.8) is 0 Å². The van der Waals surface area contributed by atoms with Crippen molar-refractivity contribution in [2.24, 2.45) is 5.73 Å². The van der Waals surface area contributed by atoms with Gasteiger partial charge in [-0.1, -0.05) is 0 Å². The van der Waals surface area contributed by atoms with E-state index in [0.29, 0.717) is 6.54 Å². The number of hydrogen-bond donors (Lipinski definition) is 1.